The van der Waals surface area contributed by atoms with Crippen molar-refractivity contribution < 1.29 is 4.79 Å². The first-order chi connectivity index (χ1) is 8.68. The van der Waals surface area contributed by atoms with Crippen molar-refractivity contribution in [1.82, 2.24) is 31.3 Å². The minimum Gasteiger partial charge on any atom is -0.346 e. The van der Waals surface area contributed by atoms with E-state index in [1.807, 2.05) is 6.92 Å². The molecule has 7 nitrogen and oxygen atoms in total. The van der Waals surface area contributed by atoms with Crippen LogP contribution in [0.4, 0.5) is 0 Å². The molecule has 1 aromatic heterocycles. The molecule has 100 valence electrons. The van der Waals surface area contributed by atoms with Crippen LogP contribution in [-0.2, 0) is 4.79 Å². The quantitative estimate of drug-likeness (QED) is 0.693. The first-order valence-corrected chi connectivity index (χ1v) is 6.43. The molecular weight excluding hydrogens is 232 g/mol. The number of H-pyrrole nitrogens is 1. The Morgan fingerprint density at radius 2 is 2.44 bits per heavy atom. The van der Waals surface area contributed by atoms with Crippen LogP contribution in [0.15, 0.2) is 0 Å². The number of aromatic amines is 1. The summed E-state index contributed by atoms with van der Waals surface area (Å²) in [5.41, 5.74) is -0.271. The van der Waals surface area contributed by atoms with Crippen LogP contribution >= 0.6 is 0 Å². The fourth-order valence-corrected chi connectivity index (χ4v) is 2.51. The van der Waals surface area contributed by atoms with E-state index in [9.17, 15) is 4.79 Å². The highest BCUT2D eigenvalue weighted by molar-refractivity contribution is 5.83. The summed E-state index contributed by atoms with van der Waals surface area (Å²) in [6.45, 7) is 5.64. The van der Waals surface area contributed by atoms with E-state index in [-0.39, 0.29) is 17.4 Å². The van der Waals surface area contributed by atoms with Crippen LogP contribution in [-0.4, -0.2) is 39.6 Å². The van der Waals surface area contributed by atoms with E-state index in [1.165, 1.54) is 0 Å². The van der Waals surface area contributed by atoms with Gasteiger partial charge in [0, 0.05) is 6.54 Å². The summed E-state index contributed by atoms with van der Waals surface area (Å²) in [5.74, 6) is 0.604. The van der Waals surface area contributed by atoms with Gasteiger partial charge in [-0.15, -0.1) is 10.2 Å². The number of carbonyl (C=O) groups is 1. The average molecular weight is 252 g/mol. The lowest BCUT2D eigenvalue weighted by Gasteiger charge is -2.27. The Morgan fingerprint density at radius 3 is 3.00 bits per heavy atom. The number of tetrazole rings is 1. The minimum atomic E-state index is -0.271. The first kappa shape index (κ1) is 12.9. The highest BCUT2D eigenvalue weighted by Crippen LogP contribution is 2.31. The maximum absolute atomic E-state index is 12.4. The zero-order valence-corrected chi connectivity index (χ0v) is 10.9. The molecule has 0 radical (unpaired) electrons. The maximum atomic E-state index is 12.4. The monoisotopic (exact) mass is 252 g/mol. The summed E-state index contributed by atoms with van der Waals surface area (Å²) in [7, 11) is 0. The third kappa shape index (κ3) is 2.50. The molecule has 0 spiro atoms. The molecule has 1 amide bonds. The third-order valence-electron chi connectivity index (χ3n) is 3.55. The lowest BCUT2D eigenvalue weighted by Crippen LogP contribution is -2.43. The molecule has 1 fully saturated rings. The van der Waals surface area contributed by atoms with Gasteiger partial charge in [0.2, 0.25) is 5.91 Å². The van der Waals surface area contributed by atoms with Crippen molar-refractivity contribution in [2.75, 3.05) is 13.1 Å². The Labute approximate surface area is 106 Å². The molecule has 2 rings (SSSR count). The second-order valence-corrected chi connectivity index (χ2v) is 4.92. The Hall–Kier alpha value is -1.50. The van der Waals surface area contributed by atoms with Gasteiger partial charge in [-0.25, -0.2) is 0 Å². The van der Waals surface area contributed by atoms with Crippen molar-refractivity contribution in [3.05, 3.63) is 5.82 Å². The maximum Gasteiger partial charge on any atom is 0.228 e. The second-order valence-electron chi connectivity index (χ2n) is 4.92. The van der Waals surface area contributed by atoms with Crippen LogP contribution in [0, 0.1) is 5.41 Å². The Bertz CT molecular complexity index is 384. The zero-order chi connectivity index (χ0) is 13.0. The minimum absolute atomic E-state index is 0.0895. The molecule has 2 unspecified atom stereocenters. The molecule has 0 aliphatic carbocycles. The van der Waals surface area contributed by atoms with Crippen molar-refractivity contribution >= 4 is 5.91 Å². The molecular formula is C11H20N6O. The molecule has 1 aliphatic heterocycles. The molecule has 3 N–H and O–H groups in total. The average Bonchev–Trinajstić information content (AvgIpc) is 3.00. The van der Waals surface area contributed by atoms with Crippen molar-refractivity contribution in [1.29, 1.82) is 0 Å². The first-order valence-electron chi connectivity index (χ1n) is 6.43. The number of nitrogens with one attached hydrogen (secondary N) is 3. The SMILES string of the molecule is CCCC1(C(=O)NC(C)c2nn[nH]n2)CCNC1. The van der Waals surface area contributed by atoms with Gasteiger partial charge in [0.15, 0.2) is 5.82 Å². The van der Waals surface area contributed by atoms with E-state index in [2.05, 4.69) is 38.2 Å². The number of hydrogen-bond donors (Lipinski definition) is 3. The number of rotatable bonds is 5. The van der Waals surface area contributed by atoms with Crippen LogP contribution in [0.3, 0.4) is 0 Å². The highest BCUT2D eigenvalue weighted by Gasteiger charge is 2.40. The molecule has 2 atom stereocenters. The smallest absolute Gasteiger partial charge is 0.228 e. The van der Waals surface area contributed by atoms with E-state index in [1.54, 1.807) is 0 Å². The van der Waals surface area contributed by atoms with E-state index in [4.69, 9.17) is 0 Å². The number of nitrogens with zero attached hydrogens (tertiary/aromatic N) is 3. The normalized spacial score (nSPS) is 25.0. The lowest BCUT2D eigenvalue weighted by atomic mass is 9.81. The van der Waals surface area contributed by atoms with Gasteiger partial charge < -0.3 is 10.6 Å². The number of hydrogen-bond acceptors (Lipinski definition) is 5. The Morgan fingerprint density at radius 1 is 1.61 bits per heavy atom. The number of aromatic nitrogens is 4. The predicted molar refractivity (Wildman–Crippen MR) is 65.6 cm³/mol. The summed E-state index contributed by atoms with van der Waals surface area (Å²) in [5, 5.41) is 19.9. The van der Waals surface area contributed by atoms with Crippen LogP contribution < -0.4 is 10.6 Å². The van der Waals surface area contributed by atoms with E-state index in [0.29, 0.717) is 5.82 Å². The number of carbonyl (C=O) groups excluding carboxylic acids is 1. The van der Waals surface area contributed by atoms with Gasteiger partial charge in [-0.05, 0) is 26.3 Å². The number of amides is 1. The second kappa shape index (κ2) is 5.43. The largest absolute Gasteiger partial charge is 0.346 e. The van der Waals surface area contributed by atoms with E-state index in [0.717, 1.165) is 32.4 Å². The highest BCUT2D eigenvalue weighted by atomic mass is 16.2. The summed E-state index contributed by atoms with van der Waals surface area (Å²) >= 11 is 0. The molecule has 1 aliphatic rings. The van der Waals surface area contributed by atoms with Crippen LogP contribution in [0.1, 0.15) is 45.0 Å². The van der Waals surface area contributed by atoms with E-state index < -0.39 is 0 Å². The summed E-state index contributed by atoms with van der Waals surface area (Å²) < 4.78 is 0. The fourth-order valence-electron chi connectivity index (χ4n) is 2.51. The van der Waals surface area contributed by atoms with Crippen LogP contribution in [0.5, 0.6) is 0 Å². The standard InChI is InChI=1S/C11H20N6O/c1-3-4-11(5-6-12-7-11)10(18)13-8(2)9-14-16-17-15-9/h8,12H,3-7H2,1-2H3,(H,13,18)(H,14,15,16,17). The van der Waals surface area contributed by atoms with Gasteiger partial charge in [-0.3, -0.25) is 4.79 Å². The Balaban J connectivity index is 2.01. The van der Waals surface area contributed by atoms with Crippen molar-refractivity contribution in [2.24, 2.45) is 5.41 Å². The molecule has 1 aromatic rings. The molecule has 1 saturated heterocycles. The van der Waals surface area contributed by atoms with Gasteiger partial charge in [-0.1, -0.05) is 18.6 Å². The molecule has 2 heterocycles. The van der Waals surface area contributed by atoms with Crippen molar-refractivity contribution in [2.45, 2.75) is 39.2 Å². The molecule has 18 heavy (non-hydrogen) atoms. The van der Waals surface area contributed by atoms with Crippen LogP contribution in [0.2, 0.25) is 0 Å². The summed E-state index contributed by atoms with van der Waals surface area (Å²) in [6, 6.07) is -0.217. The lowest BCUT2D eigenvalue weighted by molar-refractivity contribution is -0.131. The van der Waals surface area contributed by atoms with Crippen LogP contribution in [0.25, 0.3) is 0 Å². The predicted octanol–water partition coefficient (Wildman–Crippen LogP) is 0.157. The molecule has 0 aromatic carbocycles. The van der Waals surface area contributed by atoms with Gasteiger partial charge >= 0.3 is 0 Å². The fraction of sp³-hybridized carbons (Fsp3) is 0.818. The van der Waals surface area contributed by atoms with Crippen molar-refractivity contribution in [3.63, 3.8) is 0 Å². The van der Waals surface area contributed by atoms with Gasteiger partial charge in [-0.2, -0.15) is 5.21 Å². The van der Waals surface area contributed by atoms with Gasteiger partial charge in [0.25, 0.3) is 0 Å². The molecule has 7 heteroatoms. The summed E-state index contributed by atoms with van der Waals surface area (Å²) in [4.78, 5) is 12.4. The Kier molecular flexibility index (Phi) is 3.90. The third-order valence-corrected chi connectivity index (χ3v) is 3.55. The van der Waals surface area contributed by atoms with E-state index >= 15 is 0 Å². The van der Waals surface area contributed by atoms with Gasteiger partial charge in [0.1, 0.15) is 0 Å². The molecule has 0 saturated carbocycles. The summed E-state index contributed by atoms with van der Waals surface area (Å²) in [6.07, 6.45) is 2.81. The topological polar surface area (TPSA) is 95.6 Å². The van der Waals surface area contributed by atoms with Crippen molar-refractivity contribution in [3.8, 4) is 0 Å². The molecule has 0 bridgehead atoms. The zero-order valence-electron chi connectivity index (χ0n) is 10.9. The van der Waals surface area contributed by atoms with Gasteiger partial charge in [0.05, 0.1) is 11.5 Å².